The van der Waals surface area contributed by atoms with Gasteiger partial charge >= 0.3 is 0 Å². The highest BCUT2D eigenvalue weighted by Crippen LogP contribution is 2.27. The van der Waals surface area contributed by atoms with Crippen LogP contribution in [0.2, 0.25) is 0 Å². The van der Waals surface area contributed by atoms with Gasteiger partial charge in [0.2, 0.25) is 0 Å². The maximum Gasteiger partial charge on any atom is 0.0208 e. The van der Waals surface area contributed by atoms with Crippen LogP contribution in [0.1, 0.15) is 49.3 Å². The van der Waals surface area contributed by atoms with E-state index in [-0.39, 0.29) is 0 Å². The molecule has 1 N–H and O–H groups in total. The summed E-state index contributed by atoms with van der Waals surface area (Å²) in [4.78, 5) is 0. The molecule has 1 aromatic rings. The van der Waals surface area contributed by atoms with Gasteiger partial charge in [-0.05, 0) is 56.2 Å². The van der Waals surface area contributed by atoms with Crippen LogP contribution in [0.5, 0.6) is 0 Å². The van der Waals surface area contributed by atoms with Crippen LogP contribution in [0.4, 0.5) is 0 Å². The van der Waals surface area contributed by atoms with E-state index in [2.05, 4.69) is 44.3 Å². The van der Waals surface area contributed by atoms with Crippen molar-refractivity contribution >= 4 is 0 Å². The Labute approximate surface area is 112 Å². The highest BCUT2D eigenvalue weighted by molar-refractivity contribution is 5.30. The second-order valence-corrected chi connectivity index (χ2v) is 6.20. The molecule has 0 radical (unpaired) electrons. The first-order valence-electron chi connectivity index (χ1n) is 7.42. The van der Waals surface area contributed by atoms with Crippen LogP contribution in [0.15, 0.2) is 18.2 Å². The highest BCUT2D eigenvalue weighted by Gasteiger charge is 2.18. The molecule has 1 fully saturated rings. The van der Waals surface area contributed by atoms with Gasteiger partial charge in [0.1, 0.15) is 0 Å². The third kappa shape index (κ3) is 3.84. The molecule has 1 saturated carbocycles. The highest BCUT2D eigenvalue weighted by atomic mass is 14.9. The van der Waals surface area contributed by atoms with Crippen molar-refractivity contribution in [2.75, 3.05) is 6.54 Å². The fourth-order valence-corrected chi connectivity index (χ4v) is 3.20. The molecule has 18 heavy (non-hydrogen) atoms. The van der Waals surface area contributed by atoms with Gasteiger partial charge in [-0.15, -0.1) is 0 Å². The Balaban J connectivity index is 1.77. The minimum absolute atomic E-state index is 0.902. The van der Waals surface area contributed by atoms with E-state index in [0.29, 0.717) is 0 Å². The Morgan fingerprint density at radius 1 is 1.22 bits per heavy atom. The number of hydrogen-bond acceptors (Lipinski definition) is 1. The Morgan fingerprint density at radius 2 is 2.06 bits per heavy atom. The minimum atomic E-state index is 0.902. The quantitative estimate of drug-likeness (QED) is 0.837. The van der Waals surface area contributed by atoms with Gasteiger partial charge in [0.15, 0.2) is 0 Å². The van der Waals surface area contributed by atoms with Gasteiger partial charge in [-0.1, -0.05) is 43.5 Å². The zero-order valence-corrected chi connectivity index (χ0v) is 12.1. The zero-order valence-electron chi connectivity index (χ0n) is 12.1. The van der Waals surface area contributed by atoms with Crippen molar-refractivity contribution in [3.8, 4) is 0 Å². The van der Waals surface area contributed by atoms with Crippen LogP contribution in [0.25, 0.3) is 0 Å². The number of rotatable bonds is 4. The van der Waals surface area contributed by atoms with Gasteiger partial charge in [0.05, 0.1) is 0 Å². The molecular formula is C17H27N. The second kappa shape index (κ2) is 6.38. The van der Waals surface area contributed by atoms with Gasteiger partial charge in [0, 0.05) is 6.54 Å². The van der Waals surface area contributed by atoms with Crippen LogP contribution >= 0.6 is 0 Å². The molecule has 0 spiro atoms. The van der Waals surface area contributed by atoms with Crippen molar-refractivity contribution in [2.24, 2.45) is 11.8 Å². The zero-order chi connectivity index (χ0) is 13.0. The van der Waals surface area contributed by atoms with E-state index in [0.717, 1.165) is 18.4 Å². The largest absolute Gasteiger partial charge is 0.312 e. The number of hydrogen-bond donors (Lipinski definition) is 1. The average Bonchev–Trinajstić information content (AvgIpc) is 2.32. The molecule has 2 atom stereocenters. The molecule has 0 aliphatic heterocycles. The Bertz CT molecular complexity index is 383. The van der Waals surface area contributed by atoms with Crippen molar-refractivity contribution in [3.05, 3.63) is 34.9 Å². The van der Waals surface area contributed by atoms with Gasteiger partial charge in [-0.3, -0.25) is 0 Å². The number of benzene rings is 1. The van der Waals surface area contributed by atoms with Gasteiger partial charge < -0.3 is 5.32 Å². The normalized spacial score (nSPS) is 24.2. The summed E-state index contributed by atoms with van der Waals surface area (Å²) in [5.74, 6) is 1.84. The van der Waals surface area contributed by atoms with Crippen molar-refractivity contribution < 1.29 is 0 Å². The molecule has 1 aliphatic carbocycles. The second-order valence-electron chi connectivity index (χ2n) is 6.20. The lowest BCUT2D eigenvalue weighted by atomic mass is 9.82. The van der Waals surface area contributed by atoms with E-state index in [1.54, 1.807) is 0 Å². The molecule has 100 valence electrons. The maximum absolute atomic E-state index is 3.65. The molecule has 1 nitrogen and oxygen atoms in total. The first-order valence-corrected chi connectivity index (χ1v) is 7.42. The maximum atomic E-state index is 3.65. The van der Waals surface area contributed by atoms with E-state index < -0.39 is 0 Å². The third-order valence-corrected chi connectivity index (χ3v) is 4.29. The molecule has 2 rings (SSSR count). The van der Waals surface area contributed by atoms with Crippen LogP contribution in [-0.4, -0.2) is 6.54 Å². The van der Waals surface area contributed by atoms with E-state index in [1.165, 1.54) is 48.9 Å². The fourth-order valence-electron chi connectivity index (χ4n) is 3.20. The molecule has 1 aliphatic rings. The number of nitrogens with one attached hydrogen (secondary N) is 1. The molecule has 0 heterocycles. The van der Waals surface area contributed by atoms with Crippen molar-refractivity contribution in [1.29, 1.82) is 0 Å². The van der Waals surface area contributed by atoms with Crippen LogP contribution in [-0.2, 0) is 6.54 Å². The first kappa shape index (κ1) is 13.6. The molecule has 0 saturated heterocycles. The standard InChI is InChI=1S/C17H27N/c1-13-5-4-6-16(10-13)11-18-12-17-8-7-14(2)9-15(17)3/h7-9,13,16,18H,4-6,10-12H2,1-3H3. The topological polar surface area (TPSA) is 12.0 Å². The summed E-state index contributed by atoms with van der Waals surface area (Å²) < 4.78 is 0. The Morgan fingerprint density at radius 3 is 2.78 bits per heavy atom. The van der Waals surface area contributed by atoms with Crippen molar-refractivity contribution in [1.82, 2.24) is 5.32 Å². The number of aryl methyl sites for hydroxylation is 2. The van der Waals surface area contributed by atoms with Gasteiger partial charge in [-0.25, -0.2) is 0 Å². The average molecular weight is 245 g/mol. The fraction of sp³-hybridized carbons (Fsp3) is 0.647. The first-order chi connectivity index (χ1) is 8.65. The Kier molecular flexibility index (Phi) is 4.82. The predicted molar refractivity (Wildman–Crippen MR) is 78.7 cm³/mol. The summed E-state index contributed by atoms with van der Waals surface area (Å²) >= 11 is 0. The molecule has 1 heteroatoms. The predicted octanol–water partition coefficient (Wildman–Crippen LogP) is 4.22. The van der Waals surface area contributed by atoms with Gasteiger partial charge in [0.25, 0.3) is 0 Å². The lowest BCUT2D eigenvalue weighted by Gasteiger charge is -2.27. The molecule has 1 aromatic carbocycles. The SMILES string of the molecule is Cc1ccc(CNCC2CCCC(C)C2)c(C)c1. The van der Waals surface area contributed by atoms with E-state index in [1.807, 2.05) is 0 Å². The molecule has 0 aromatic heterocycles. The Hall–Kier alpha value is -0.820. The summed E-state index contributed by atoms with van der Waals surface area (Å²) in [6.45, 7) is 8.99. The van der Waals surface area contributed by atoms with Crippen molar-refractivity contribution in [3.63, 3.8) is 0 Å². The summed E-state index contributed by atoms with van der Waals surface area (Å²) in [5.41, 5.74) is 4.22. The third-order valence-electron chi connectivity index (χ3n) is 4.29. The van der Waals surface area contributed by atoms with Crippen LogP contribution < -0.4 is 5.32 Å². The van der Waals surface area contributed by atoms with Crippen LogP contribution in [0, 0.1) is 25.7 Å². The van der Waals surface area contributed by atoms with E-state index in [4.69, 9.17) is 0 Å². The lowest BCUT2D eigenvalue weighted by Crippen LogP contribution is -2.26. The molecule has 0 bridgehead atoms. The van der Waals surface area contributed by atoms with Gasteiger partial charge in [-0.2, -0.15) is 0 Å². The van der Waals surface area contributed by atoms with E-state index in [9.17, 15) is 0 Å². The summed E-state index contributed by atoms with van der Waals surface area (Å²) in [6, 6.07) is 6.76. The van der Waals surface area contributed by atoms with Crippen molar-refractivity contribution in [2.45, 2.75) is 53.0 Å². The van der Waals surface area contributed by atoms with Crippen LogP contribution in [0.3, 0.4) is 0 Å². The monoisotopic (exact) mass is 245 g/mol. The summed E-state index contributed by atoms with van der Waals surface area (Å²) in [5, 5.41) is 3.65. The summed E-state index contributed by atoms with van der Waals surface area (Å²) in [6.07, 6.45) is 5.70. The lowest BCUT2D eigenvalue weighted by molar-refractivity contribution is 0.274. The molecule has 2 unspecified atom stereocenters. The summed E-state index contributed by atoms with van der Waals surface area (Å²) in [7, 11) is 0. The molecular weight excluding hydrogens is 218 g/mol. The smallest absolute Gasteiger partial charge is 0.0208 e. The van der Waals surface area contributed by atoms with E-state index >= 15 is 0 Å². The molecule has 0 amide bonds. The minimum Gasteiger partial charge on any atom is -0.312 e.